The third-order valence-corrected chi connectivity index (χ3v) is 3.57. The van der Waals surface area contributed by atoms with Crippen LogP contribution >= 0.6 is 0 Å². The maximum absolute atomic E-state index is 12.5. The minimum atomic E-state index is -0.474. The summed E-state index contributed by atoms with van der Waals surface area (Å²) in [4.78, 5) is 32.4. The van der Waals surface area contributed by atoms with Gasteiger partial charge in [0.05, 0.1) is 19.1 Å². The average molecular weight is 371 g/mol. The number of benzene rings is 1. The van der Waals surface area contributed by atoms with Crippen LogP contribution in [-0.2, 0) is 16.0 Å². The lowest BCUT2D eigenvalue weighted by molar-refractivity contribution is -0.142. The summed E-state index contributed by atoms with van der Waals surface area (Å²) in [6.07, 6.45) is 1.31. The highest BCUT2D eigenvalue weighted by Gasteiger charge is 2.13. The quantitative estimate of drug-likeness (QED) is 0.612. The normalized spacial score (nSPS) is 11.0. The molecule has 3 aromatic rings. The van der Waals surface area contributed by atoms with Crippen molar-refractivity contribution in [3.8, 4) is 5.75 Å². The van der Waals surface area contributed by atoms with Gasteiger partial charge in [-0.2, -0.15) is 9.50 Å². The van der Waals surface area contributed by atoms with Crippen LogP contribution in [0, 0.1) is 0 Å². The molecule has 0 atom stereocenters. The summed E-state index contributed by atoms with van der Waals surface area (Å²) >= 11 is 0. The monoisotopic (exact) mass is 371 g/mol. The Bertz CT molecular complexity index is 991. The zero-order valence-corrected chi connectivity index (χ0v) is 15.4. The van der Waals surface area contributed by atoms with Crippen LogP contribution in [0.5, 0.6) is 5.75 Å². The average Bonchev–Trinajstić information content (AvgIpc) is 3.02. The summed E-state index contributed by atoms with van der Waals surface area (Å²) in [5, 5.41) is 5.91. The first kappa shape index (κ1) is 18.4. The van der Waals surface area contributed by atoms with Crippen LogP contribution in [0.3, 0.4) is 0 Å². The molecule has 0 radical (unpaired) electrons. The number of nitrogens with one attached hydrogen (secondary N) is 2. The fourth-order valence-corrected chi connectivity index (χ4v) is 2.46. The van der Waals surface area contributed by atoms with Crippen molar-refractivity contribution >= 4 is 23.4 Å². The molecule has 2 aromatic heterocycles. The standard InChI is InChI=1S/C18H21N5O4/c1-4-26-15(24)9-12-10-19-18-21-17(22-23(18)16(12)25)20-13-5-7-14(8-6-13)27-11(2)3/h5-8,10-11H,4,9H2,1-3H3,(H2,19,20,21,22). The summed E-state index contributed by atoms with van der Waals surface area (Å²) in [7, 11) is 0. The van der Waals surface area contributed by atoms with Crippen molar-refractivity contribution < 1.29 is 14.3 Å². The number of fused-ring (bicyclic) bond motifs is 1. The molecule has 0 aliphatic carbocycles. The van der Waals surface area contributed by atoms with Crippen molar-refractivity contribution in [3.63, 3.8) is 0 Å². The first-order valence-electron chi connectivity index (χ1n) is 8.62. The molecule has 0 amide bonds. The van der Waals surface area contributed by atoms with Gasteiger partial charge in [0.25, 0.3) is 11.3 Å². The van der Waals surface area contributed by atoms with Crippen LogP contribution in [0.4, 0.5) is 11.6 Å². The maximum Gasteiger partial charge on any atom is 0.310 e. The van der Waals surface area contributed by atoms with Gasteiger partial charge in [0, 0.05) is 17.4 Å². The third kappa shape index (κ3) is 4.43. The first-order valence-corrected chi connectivity index (χ1v) is 8.62. The van der Waals surface area contributed by atoms with Crippen molar-refractivity contribution in [1.29, 1.82) is 0 Å². The molecule has 0 saturated heterocycles. The van der Waals surface area contributed by atoms with Gasteiger partial charge < -0.3 is 14.8 Å². The smallest absolute Gasteiger partial charge is 0.310 e. The van der Waals surface area contributed by atoms with Crippen molar-refractivity contribution in [2.45, 2.75) is 33.3 Å². The number of hydrogen-bond acceptors (Lipinski definition) is 7. The van der Waals surface area contributed by atoms with Crippen LogP contribution in [0.25, 0.3) is 5.78 Å². The van der Waals surface area contributed by atoms with Crippen molar-refractivity contribution in [1.82, 2.24) is 19.6 Å². The number of nitrogens with zero attached hydrogens (tertiary/aromatic N) is 3. The van der Waals surface area contributed by atoms with E-state index in [-0.39, 0.29) is 30.5 Å². The Morgan fingerprint density at radius 1 is 1.30 bits per heavy atom. The van der Waals surface area contributed by atoms with Gasteiger partial charge in [-0.1, -0.05) is 0 Å². The molecule has 0 saturated carbocycles. The second-order valence-corrected chi connectivity index (χ2v) is 6.09. The summed E-state index contributed by atoms with van der Waals surface area (Å²) < 4.78 is 11.7. The Labute approximate surface area is 155 Å². The van der Waals surface area contributed by atoms with Gasteiger partial charge in [-0.3, -0.25) is 14.7 Å². The molecule has 0 spiro atoms. The van der Waals surface area contributed by atoms with Crippen LogP contribution in [0.15, 0.2) is 35.3 Å². The van der Waals surface area contributed by atoms with Crippen molar-refractivity contribution in [2.75, 3.05) is 11.9 Å². The Balaban J connectivity index is 1.79. The van der Waals surface area contributed by atoms with Gasteiger partial charge in [-0.05, 0) is 45.0 Å². The zero-order chi connectivity index (χ0) is 19.4. The largest absolute Gasteiger partial charge is 0.491 e. The third-order valence-electron chi connectivity index (χ3n) is 3.57. The Hall–Kier alpha value is -3.36. The lowest BCUT2D eigenvalue weighted by Gasteiger charge is -2.10. The van der Waals surface area contributed by atoms with Crippen LogP contribution in [0.2, 0.25) is 0 Å². The molecule has 27 heavy (non-hydrogen) atoms. The highest BCUT2D eigenvalue weighted by molar-refractivity contribution is 5.72. The van der Waals surface area contributed by atoms with E-state index in [4.69, 9.17) is 9.47 Å². The van der Waals surface area contributed by atoms with E-state index in [0.717, 1.165) is 11.4 Å². The SMILES string of the molecule is CCOC(=O)Cc1cnc2nc(Nc3ccc(OC(C)C)cc3)[nH]n2c1=O. The van der Waals surface area contributed by atoms with E-state index in [1.807, 2.05) is 38.1 Å². The number of aromatic amines is 1. The molecule has 9 nitrogen and oxygen atoms in total. The number of anilines is 2. The van der Waals surface area contributed by atoms with E-state index in [1.165, 1.54) is 10.7 Å². The summed E-state index contributed by atoms with van der Waals surface area (Å²) in [6.45, 7) is 5.89. The van der Waals surface area contributed by atoms with E-state index in [9.17, 15) is 9.59 Å². The molecular weight excluding hydrogens is 350 g/mol. The Morgan fingerprint density at radius 2 is 2.04 bits per heavy atom. The molecule has 2 heterocycles. The lowest BCUT2D eigenvalue weighted by atomic mass is 10.2. The summed E-state index contributed by atoms with van der Waals surface area (Å²) in [6, 6.07) is 7.36. The number of carbonyl (C=O) groups excluding carboxylic acids is 1. The van der Waals surface area contributed by atoms with Gasteiger partial charge in [0.2, 0.25) is 5.95 Å². The molecule has 9 heteroatoms. The molecule has 0 fully saturated rings. The number of esters is 1. The Morgan fingerprint density at radius 3 is 2.70 bits per heavy atom. The molecule has 0 aliphatic rings. The summed E-state index contributed by atoms with van der Waals surface area (Å²) in [5.41, 5.74) is 0.607. The molecular formula is C18H21N5O4. The van der Waals surface area contributed by atoms with Gasteiger partial charge in [-0.15, -0.1) is 0 Å². The minimum absolute atomic E-state index is 0.0981. The van der Waals surface area contributed by atoms with Gasteiger partial charge in [0.15, 0.2) is 0 Å². The number of carbonyl (C=O) groups is 1. The minimum Gasteiger partial charge on any atom is -0.491 e. The van der Waals surface area contributed by atoms with Crippen LogP contribution in [-0.4, -0.2) is 38.3 Å². The fraction of sp³-hybridized carbons (Fsp3) is 0.333. The lowest BCUT2D eigenvalue weighted by Crippen LogP contribution is -2.22. The fourth-order valence-electron chi connectivity index (χ4n) is 2.46. The Kier molecular flexibility index (Phi) is 5.39. The predicted octanol–water partition coefficient (Wildman–Crippen LogP) is 2.05. The molecule has 1 aromatic carbocycles. The predicted molar refractivity (Wildman–Crippen MR) is 99.4 cm³/mol. The van der Waals surface area contributed by atoms with Gasteiger partial charge in [-0.25, -0.2) is 4.98 Å². The second-order valence-electron chi connectivity index (χ2n) is 6.09. The number of ether oxygens (including phenoxy) is 2. The number of H-pyrrole nitrogens is 1. The topological polar surface area (TPSA) is 111 Å². The molecule has 2 N–H and O–H groups in total. The van der Waals surface area contributed by atoms with E-state index >= 15 is 0 Å². The highest BCUT2D eigenvalue weighted by atomic mass is 16.5. The van der Waals surface area contributed by atoms with E-state index in [1.54, 1.807) is 6.92 Å². The van der Waals surface area contributed by atoms with E-state index in [2.05, 4.69) is 20.4 Å². The van der Waals surface area contributed by atoms with E-state index < -0.39 is 11.5 Å². The first-order chi connectivity index (χ1) is 13.0. The van der Waals surface area contributed by atoms with Gasteiger partial charge in [0.1, 0.15) is 5.75 Å². The van der Waals surface area contributed by atoms with Crippen LogP contribution in [0.1, 0.15) is 26.3 Å². The molecule has 142 valence electrons. The maximum atomic E-state index is 12.5. The molecule has 3 rings (SSSR count). The van der Waals surface area contributed by atoms with E-state index in [0.29, 0.717) is 5.95 Å². The van der Waals surface area contributed by atoms with Crippen LogP contribution < -0.4 is 15.6 Å². The number of aromatic nitrogens is 4. The molecule has 0 unspecified atom stereocenters. The second kappa shape index (κ2) is 7.90. The summed E-state index contributed by atoms with van der Waals surface area (Å²) in [5.74, 6) is 0.847. The number of hydrogen-bond donors (Lipinski definition) is 2. The highest BCUT2D eigenvalue weighted by Crippen LogP contribution is 2.19. The molecule has 0 bridgehead atoms. The number of rotatable bonds is 7. The zero-order valence-electron chi connectivity index (χ0n) is 15.4. The van der Waals surface area contributed by atoms with Crippen molar-refractivity contribution in [3.05, 3.63) is 46.4 Å². The van der Waals surface area contributed by atoms with Gasteiger partial charge >= 0.3 is 5.97 Å². The molecule has 0 aliphatic heterocycles. The van der Waals surface area contributed by atoms with Crippen molar-refractivity contribution in [2.24, 2.45) is 0 Å².